The maximum absolute atomic E-state index is 14.6. The number of amides is 3. The zero-order valence-electron chi connectivity index (χ0n) is 24.6. The summed E-state index contributed by atoms with van der Waals surface area (Å²) in [4.78, 5) is 39.4. The van der Waals surface area contributed by atoms with E-state index in [0.717, 1.165) is 21.6 Å². The van der Waals surface area contributed by atoms with Crippen molar-refractivity contribution in [3.8, 4) is 5.75 Å². The minimum Gasteiger partial charge on any atom is -0.492 e. The van der Waals surface area contributed by atoms with Gasteiger partial charge in [0.05, 0.1) is 24.5 Å². The lowest BCUT2D eigenvalue weighted by molar-refractivity contribution is 0.0644. The van der Waals surface area contributed by atoms with Crippen molar-refractivity contribution in [1.29, 1.82) is 0 Å². The molecular formula is C33H32Cl2N4O4S. The Bertz CT molecular complexity index is 1670. The minimum atomic E-state index is -0.455. The number of ether oxygens (including phenoxy) is 1. The van der Waals surface area contributed by atoms with Crippen molar-refractivity contribution >= 4 is 52.3 Å². The molecule has 4 heterocycles. The van der Waals surface area contributed by atoms with Crippen molar-refractivity contribution in [2.24, 2.45) is 4.99 Å². The number of hydrogen-bond acceptors (Lipinski definition) is 6. The van der Waals surface area contributed by atoms with E-state index in [1.165, 1.54) is 11.3 Å². The van der Waals surface area contributed by atoms with Crippen molar-refractivity contribution in [3.05, 3.63) is 109 Å². The molecule has 2 aromatic carbocycles. The Balaban J connectivity index is 1.36. The summed E-state index contributed by atoms with van der Waals surface area (Å²) in [6.45, 7) is 7.65. The second-order valence-corrected chi connectivity index (χ2v) is 12.6. The smallest absolute Gasteiger partial charge is 0.326 e. The average Bonchev–Trinajstić information content (AvgIpc) is 3.74. The van der Waals surface area contributed by atoms with Crippen LogP contribution in [0.15, 0.2) is 75.7 Å². The third-order valence-corrected chi connectivity index (χ3v) is 9.43. The van der Waals surface area contributed by atoms with E-state index in [9.17, 15) is 9.59 Å². The molecule has 2 aliphatic rings. The van der Waals surface area contributed by atoms with Crippen LogP contribution in [-0.4, -0.2) is 65.3 Å². The summed E-state index contributed by atoms with van der Waals surface area (Å²) in [6, 6.07) is 16.0. The molecule has 1 saturated heterocycles. The molecule has 8 nitrogen and oxygen atoms in total. The quantitative estimate of drug-likeness (QED) is 0.213. The van der Waals surface area contributed by atoms with Gasteiger partial charge in [-0.05, 0) is 67.6 Å². The van der Waals surface area contributed by atoms with Gasteiger partial charge in [0.2, 0.25) is 0 Å². The lowest BCUT2D eigenvalue weighted by Crippen LogP contribution is -2.55. The number of furan rings is 1. The van der Waals surface area contributed by atoms with Gasteiger partial charge < -0.3 is 19.0 Å². The van der Waals surface area contributed by atoms with Gasteiger partial charge in [0, 0.05) is 41.8 Å². The van der Waals surface area contributed by atoms with E-state index in [0.29, 0.717) is 65.7 Å². The second-order valence-electron chi connectivity index (χ2n) is 10.8. The zero-order valence-corrected chi connectivity index (χ0v) is 27.0. The van der Waals surface area contributed by atoms with Crippen molar-refractivity contribution in [1.82, 2.24) is 14.7 Å². The molecule has 2 aromatic heterocycles. The third-order valence-electron chi connectivity index (χ3n) is 8.04. The molecule has 2 atom stereocenters. The Hall–Kier alpha value is -3.79. The van der Waals surface area contributed by atoms with Crippen LogP contribution in [0.25, 0.3) is 0 Å². The number of hydrogen-bond donors (Lipinski definition) is 0. The second kappa shape index (κ2) is 12.7. The topological polar surface area (TPSA) is 78.6 Å². The maximum Gasteiger partial charge on any atom is 0.326 e. The highest BCUT2D eigenvalue weighted by molar-refractivity contribution is 7.12. The van der Waals surface area contributed by atoms with Crippen LogP contribution >= 0.6 is 34.5 Å². The van der Waals surface area contributed by atoms with Crippen LogP contribution in [0.1, 0.15) is 56.7 Å². The summed E-state index contributed by atoms with van der Waals surface area (Å²) in [5.74, 6) is 1.76. The van der Waals surface area contributed by atoms with E-state index >= 15 is 0 Å². The Morgan fingerprint density at radius 3 is 2.14 bits per heavy atom. The summed E-state index contributed by atoms with van der Waals surface area (Å²) >= 11 is 14.0. The Morgan fingerprint density at radius 1 is 0.932 bits per heavy atom. The van der Waals surface area contributed by atoms with Gasteiger partial charge in [0.15, 0.2) is 5.84 Å². The first-order chi connectivity index (χ1) is 21.3. The third kappa shape index (κ3) is 5.72. The molecule has 4 aromatic rings. The highest BCUT2D eigenvalue weighted by Crippen LogP contribution is 2.46. The van der Waals surface area contributed by atoms with Gasteiger partial charge in [-0.25, -0.2) is 4.79 Å². The number of piperazine rings is 1. The first kappa shape index (κ1) is 30.2. The lowest BCUT2D eigenvalue weighted by atomic mass is 9.94. The molecule has 0 saturated carbocycles. The zero-order chi connectivity index (χ0) is 31.0. The van der Waals surface area contributed by atoms with Crippen molar-refractivity contribution in [2.45, 2.75) is 32.9 Å². The van der Waals surface area contributed by atoms with Gasteiger partial charge >= 0.3 is 6.03 Å². The molecule has 0 spiro atoms. The van der Waals surface area contributed by atoms with Crippen molar-refractivity contribution < 1.29 is 18.7 Å². The van der Waals surface area contributed by atoms with Crippen LogP contribution in [-0.2, 0) is 0 Å². The summed E-state index contributed by atoms with van der Waals surface area (Å²) in [5.41, 5.74) is 3.23. The first-order valence-corrected chi connectivity index (χ1v) is 16.1. The minimum absolute atomic E-state index is 0.0777. The number of aliphatic imine (C=N–C) groups is 1. The largest absolute Gasteiger partial charge is 0.492 e. The SMILES string of the molecule is CCOc1ccsc1C1=N[C@@H](c2ccc(Cl)cc2)[C@@H](c2ccc(Cl)cc2)N1C(=O)N1CCN(C(=O)c2c(C)coc2C)CC1. The number of rotatable bonds is 6. The Labute approximate surface area is 270 Å². The number of aryl methyl sites for hydroxylation is 2. The van der Waals surface area contributed by atoms with Crippen LogP contribution < -0.4 is 4.74 Å². The maximum atomic E-state index is 14.6. The molecule has 0 unspecified atom stereocenters. The van der Waals surface area contributed by atoms with Crippen LogP contribution in [0.4, 0.5) is 4.79 Å². The molecule has 3 amide bonds. The van der Waals surface area contributed by atoms with Crippen molar-refractivity contribution in [2.75, 3.05) is 32.8 Å². The van der Waals surface area contributed by atoms with Crippen LogP contribution in [0.2, 0.25) is 10.0 Å². The predicted octanol–water partition coefficient (Wildman–Crippen LogP) is 7.79. The number of carbonyl (C=O) groups excluding carboxylic acids is 2. The number of urea groups is 1. The molecule has 0 radical (unpaired) electrons. The van der Waals surface area contributed by atoms with Gasteiger partial charge in [-0.1, -0.05) is 47.5 Å². The van der Waals surface area contributed by atoms with E-state index < -0.39 is 12.1 Å². The van der Waals surface area contributed by atoms with Gasteiger partial charge in [0.25, 0.3) is 5.91 Å². The summed E-state index contributed by atoms with van der Waals surface area (Å²) in [5, 5.41) is 3.18. The molecule has 228 valence electrons. The molecule has 0 N–H and O–H groups in total. The summed E-state index contributed by atoms with van der Waals surface area (Å²) in [7, 11) is 0. The summed E-state index contributed by atoms with van der Waals surface area (Å²) in [6.07, 6.45) is 1.60. The molecule has 0 bridgehead atoms. The van der Waals surface area contributed by atoms with Crippen LogP contribution in [0, 0.1) is 13.8 Å². The van der Waals surface area contributed by atoms with E-state index in [4.69, 9.17) is 37.3 Å². The first-order valence-electron chi connectivity index (χ1n) is 14.5. The lowest BCUT2D eigenvalue weighted by Gasteiger charge is -2.39. The molecular weight excluding hydrogens is 619 g/mol. The highest BCUT2D eigenvalue weighted by atomic mass is 35.5. The number of thiophene rings is 1. The molecule has 11 heteroatoms. The van der Waals surface area contributed by atoms with E-state index in [1.54, 1.807) is 27.9 Å². The fraction of sp³-hybridized carbons (Fsp3) is 0.303. The molecule has 6 rings (SSSR count). The highest BCUT2D eigenvalue weighted by Gasteiger charge is 2.45. The number of halogens is 2. The molecule has 1 fully saturated rings. The Kier molecular flexibility index (Phi) is 8.71. The van der Waals surface area contributed by atoms with Gasteiger partial charge in [-0.15, -0.1) is 11.3 Å². The number of amidine groups is 1. The monoisotopic (exact) mass is 650 g/mol. The van der Waals surface area contributed by atoms with Gasteiger partial charge in [0.1, 0.15) is 22.4 Å². The molecule has 0 aliphatic carbocycles. The van der Waals surface area contributed by atoms with Crippen LogP contribution in [0.5, 0.6) is 5.75 Å². The number of carbonyl (C=O) groups is 2. The van der Waals surface area contributed by atoms with E-state index in [1.807, 2.05) is 73.8 Å². The van der Waals surface area contributed by atoms with E-state index in [-0.39, 0.29) is 11.9 Å². The van der Waals surface area contributed by atoms with Crippen molar-refractivity contribution in [3.63, 3.8) is 0 Å². The fourth-order valence-electron chi connectivity index (χ4n) is 5.86. The molecule has 2 aliphatic heterocycles. The van der Waals surface area contributed by atoms with E-state index in [2.05, 4.69) is 0 Å². The van der Waals surface area contributed by atoms with Gasteiger partial charge in [-0.3, -0.25) is 14.7 Å². The Morgan fingerprint density at radius 2 is 1.55 bits per heavy atom. The number of nitrogens with zero attached hydrogens (tertiary/aromatic N) is 4. The fourth-order valence-corrected chi connectivity index (χ4v) is 6.94. The average molecular weight is 652 g/mol. The standard InChI is InChI=1S/C33H32Cl2N4O4S/c1-4-42-26-13-18-44-30(26)31-36-28(22-5-9-24(34)10-6-22)29(23-7-11-25(35)12-8-23)39(31)33(41)38-16-14-37(15-17-38)32(40)27-20(2)19-43-21(27)3/h5-13,18-19,28-29H,4,14-17H2,1-3H3/t28-,29+/m0/s1. The number of benzene rings is 2. The van der Waals surface area contributed by atoms with Gasteiger partial charge in [-0.2, -0.15) is 0 Å². The molecule has 44 heavy (non-hydrogen) atoms. The summed E-state index contributed by atoms with van der Waals surface area (Å²) < 4.78 is 11.4. The predicted molar refractivity (Wildman–Crippen MR) is 173 cm³/mol. The normalized spacial score (nSPS) is 18.5. The van der Waals surface area contributed by atoms with Crippen LogP contribution in [0.3, 0.4) is 0 Å².